The molecular formula is C100H187NO18. The summed E-state index contributed by atoms with van der Waals surface area (Å²) < 4.78 is 34.6. The molecule has 3 saturated heterocycles. The van der Waals surface area contributed by atoms with Crippen LogP contribution in [0.3, 0.4) is 0 Å². The Morgan fingerprint density at radius 1 is 0.303 bits per heavy atom. The van der Waals surface area contributed by atoms with Crippen LogP contribution < -0.4 is 5.32 Å². The van der Waals surface area contributed by atoms with Gasteiger partial charge in [-0.1, -0.05) is 428 Å². The van der Waals surface area contributed by atoms with Gasteiger partial charge in [-0.25, -0.2) is 0 Å². The number of unbranched alkanes of at least 4 members (excludes halogenated alkanes) is 62. The van der Waals surface area contributed by atoms with Gasteiger partial charge in [0.1, 0.15) is 73.2 Å². The van der Waals surface area contributed by atoms with Crippen molar-refractivity contribution >= 4 is 5.91 Å². The van der Waals surface area contributed by atoms with Crippen LogP contribution in [-0.4, -0.2) is 193 Å². The van der Waals surface area contributed by atoms with Gasteiger partial charge >= 0.3 is 0 Å². The van der Waals surface area contributed by atoms with Gasteiger partial charge in [0.2, 0.25) is 5.91 Å². The molecule has 700 valence electrons. The third-order valence-corrected chi connectivity index (χ3v) is 25.1. The lowest BCUT2D eigenvalue weighted by molar-refractivity contribution is -0.379. The normalized spacial score (nSPS) is 24.3. The Hall–Kier alpha value is -2.25. The van der Waals surface area contributed by atoms with E-state index in [-0.39, 0.29) is 18.9 Å². The molecule has 3 fully saturated rings. The SMILES string of the molecule is CCCCCCC/C=C\C/C=C\CCCCCCCCCCCCCCCCCCCCCCCCCCCCCCCC(=O)NC(COC1OC(CO)C(OC2OC(CO)C(OC3OC(CO)C(O)C(O)C3O)C(O)C2O)C(O)C1O)C(O)/C=C/CC/C=C/CCCCCCCCCCCCCCCCCCCCCCCCCCCCC. The first-order valence-electron chi connectivity index (χ1n) is 50.4. The molecule has 0 aromatic rings. The molecule has 3 aliphatic rings. The number of amides is 1. The standard InChI is InChI=1S/C100H187NO18/c1-3-5-7-9-11-13-15-17-19-21-23-25-27-29-31-33-35-37-38-39-40-41-42-43-44-46-48-50-52-54-56-58-60-62-64-66-68-70-72-74-76-78-88(106)101-83(84(105)77-75-73-71-69-67-65-63-61-59-57-55-53-51-49-47-45-36-34-32-30-28-26-24-22-20-18-16-14-12-10-8-6-4-2)82-114-98-94(112)91(109)96(86(80-103)116-98)119-100-95(113)92(110)97(87(81-104)117-100)118-99-93(111)90(108)89(107)85(79-102)115-99/h15,17,21,23,67,69,75,77,83-87,89-100,102-105,107-113H,3-14,16,18-20,22,24-66,68,70-74,76,78-82H2,1-2H3,(H,101,106)/b17-15-,23-21-,69-67+,77-75+. The molecule has 3 heterocycles. The molecular weight excluding hydrogens is 1500 g/mol. The van der Waals surface area contributed by atoms with Crippen LogP contribution in [-0.2, 0) is 33.2 Å². The number of carbonyl (C=O) groups is 1. The molecule has 17 atom stereocenters. The van der Waals surface area contributed by atoms with E-state index in [9.17, 15) is 61.0 Å². The van der Waals surface area contributed by atoms with Crippen LogP contribution in [0.1, 0.15) is 450 Å². The van der Waals surface area contributed by atoms with Gasteiger partial charge in [-0.15, -0.1) is 0 Å². The molecule has 17 unspecified atom stereocenters. The van der Waals surface area contributed by atoms with Crippen molar-refractivity contribution in [1.82, 2.24) is 5.32 Å². The van der Waals surface area contributed by atoms with Crippen molar-refractivity contribution in [1.29, 1.82) is 0 Å². The van der Waals surface area contributed by atoms with E-state index in [1.54, 1.807) is 6.08 Å². The molecule has 3 rings (SSSR count). The average molecular weight is 1690 g/mol. The molecule has 0 aromatic carbocycles. The largest absolute Gasteiger partial charge is 0.394 e. The van der Waals surface area contributed by atoms with E-state index in [1.165, 1.54) is 372 Å². The summed E-state index contributed by atoms with van der Waals surface area (Å²) in [5.74, 6) is -0.276. The minimum Gasteiger partial charge on any atom is -0.394 e. The molecule has 1 amide bonds. The molecule has 19 nitrogen and oxygen atoms in total. The quantitative estimate of drug-likeness (QED) is 0.0199. The zero-order valence-electron chi connectivity index (χ0n) is 76.1. The van der Waals surface area contributed by atoms with Crippen LogP contribution in [0.4, 0.5) is 0 Å². The van der Waals surface area contributed by atoms with E-state index in [4.69, 9.17) is 28.4 Å². The highest BCUT2D eigenvalue weighted by Crippen LogP contribution is 2.34. The fraction of sp³-hybridized carbons (Fsp3) is 0.910. The minimum absolute atomic E-state index is 0.240. The molecule has 0 bridgehead atoms. The predicted octanol–water partition coefficient (Wildman–Crippen LogP) is 21.1. The second kappa shape index (κ2) is 79.2. The van der Waals surface area contributed by atoms with Gasteiger partial charge in [0.15, 0.2) is 18.9 Å². The van der Waals surface area contributed by atoms with Crippen molar-refractivity contribution in [3.63, 3.8) is 0 Å². The third kappa shape index (κ3) is 56.5. The first kappa shape index (κ1) is 111. The number of allylic oxidation sites excluding steroid dienone is 7. The highest BCUT2D eigenvalue weighted by molar-refractivity contribution is 5.76. The van der Waals surface area contributed by atoms with E-state index >= 15 is 0 Å². The summed E-state index contributed by atoms with van der Waals surface area (Å²) in [4.78, 5) is 13.6. The van der Waals surface area contributed by atoms with Crippen molar-refractivity contribution in [2.75, 3.05) is 26.4 Å². The molecule has 0 radical (unpaired) electrons. The Morgan fingerprint density at radius 2 is 0.563 bits per heavy atom. The van der Waals surface area contributed by atoms with E-state index in [0.717, 1.165) is 44.9 Å². The van der Waals surface area contributed by atoms with Gasteiger partial charge in [-0.05, 0) is 64.2 Å². The lowest BCUT2D eigenvalue weighted by Gasteiger charge is -2.48. The summed E-state index contributed by atoms with van der Waals surface area (Å²) >= 11 is 0. The topological polar surface area (TPSA) is 307 Å². The number of aliphatic hydroxyl groups excluding tert-OH is 11. The van der Waals surface area contributed by atoms with Crippen LogP contribution in [0.25, 0.3) is 0 Å². The molecule has 12 N–H and O–H groups in total. The van der Waals surface area contributed by atoms with Gasteiger partial charge in [0.25, 0.3) is 0 Å². The summed E-state index contributed by atoms with van der Waals surface area (Å²) in [6, 6.07) is -0.992. The Labute approximate surface area is 726 Å². The number of aliphatic hydroxyl groups is 11. The second-order valence-corrected chi connectivity index (χ2v) is 35.9. The van der Waals surface area contributed by atoms with E-state index in [1.807, 2.05) is 6.08 Å². The predicted molar refractivity (Wildman–Crippen MR) is 485 cm³/mol. The second-order valence-electron chi connectivity index (χ2n) is 35.9. The number of hydrogen-bond acceptors (Lipinski definition) is 18. The van der Waals surface area contributed by atoms with E-state index in [0.29, 0.717) is 12.8 Å². The Morgan fingerprint density at radius 3 is 0.891 bits per heavy atom. The zero-order chi connectivity index (χ0) is 85.9. The van der Waals surface area contributed by atoms with Crippen molar-refractivity contribution < 1.29 is 89.4 Å². The fourth-order valence-electron chi connectivity index (χ4n) is 17.1. The summed E-state index contributed by atoms with van der Waals surface area (Å²) in [6.45, 7) is 1.79. The molecule has 119 heavy (non-hydrogen) atoms. The number of hydrogen-bond donors (Lipinski definition) is 12. The number of carbonyl (C=O) groups excluding carboxylic acids is 1. The maximum atomic E-state index is 13.6. The maximum Gasteiger partial charge on any atom is 0.220 e. The van der Waals surface area contributed by atoms with E-state index in [2.05, 4.69) is 55.6 Å². The van der Waals surface area contributed by atoms with Crippen LogP contribution in [0.2, 0.25) is 0 Å². The summed E-state index contributed by atoms with van der Waals surface area (Å²) in [5, 5.41) is 121. The summed E-state index contributed by atoms with van der Waals surface area (Å²) in [7, 11) is 0. The lowest BCUT2D eigenvalue weighted by Crippen LogP contribution is -2.66. The molecule has 0 spiro atoms. The van der Waals surface area contributed by atoms with Crippen LogP contribution in [0.5, 0.6) is 0 Å². The highest BCUT2D eigenvalue weighted by atomic mass is 16.8. The molecule has 0 saturated carbocycles. The minimum atomic E-state index is -1.98. The first-order chi connectivity index (χ1) is 58.3. The van der Waals surface area contributed by atoms with Crippen LogP contribution in [0.15, 0.2) is 48.6 Å². The first-order valence-corrected chi connectivity index (χ1v) is 50.4. The van der Waals surface area contributed by atoms with E-state index < -0.39 is 124 Å². The summed E-state index contributed by atoms with van der Waals surface area (Å²) in [5.41, 5.74) is 0. The molecule has 19 heteroatoms. The van der Waals surface area contributed by atoms with Gasteiger partial charge in [-0.2, -0.15) is 0 Å². The zero-order valence-corrected chi connectivity index (χ0v) is 76.1. The number of nitrogens with one attached hydrogen (secondary N) is 1. The lowest BCUT2D eigenvalue weighted by atomic mass is 9.96. The fourth-order valence-corrected chi connectivity index (χ4v) is 17.1. The monoisotopic (exact) mass is 1690 g/mol. The molecule has 0 aliphatic carbocycles. The number of rotatable bonds is 84. The van der Waals surface area contributed by atoms with Crippen LogP contribution in [0, 0.1) is 0 Å². The van der Waals surface area contributed by atoms with Crippen molar-refractivity contribution in [2.45, 2.75) is 555 Å². The smallest absolute Gasteiger partial charge is 0.220 e. The highest BCUT2D eigenvalue weighted by Gasteiger charge is 2.54. The Balaban J connectivity index is 1.28. The van der Waals surface area contributed by atoms with Gasteiger partial charge in [-0.3, -0.25) is 4.79 Å². The Bertz CT molecular complexity index is 2330. The summed E-state index contributed by atoms with van der Waals surface area (Å²) in [6.07, 6.45) is 78.8. The average Bonchev–Trinajstić information content (AvgIpc) is 0.778. The van der Waals surface area contributed by atoms with Gasteiger partial charge in [0, 0.05) is 6.42 Å². The Kier molecular flexibility index (Phi) is 73.8. The third-order valence-electron chi connectivity index (χ3n) is 25.1. The van der Waals surface area contributed by atoms with Crippen molar-refractivity contribution in [3.05, 3.63) is 48.6 Å². The number of ether oxygens (including phenoxy) is 6. The maximum absolute atomic E-state index is 13.6. The van der Waals surface area contributed by atoms with Gasteiger partial charge < -0.3 is 89.9 Å². The van der Waals surface area contributed by atoms with Gasteiger partial charge in [0.05, 0.1) is 38.6 Å². The molecule has 0 aromatic heterocycles. The van der Waals surface area contributed by atoms with Crippen LogP contribution >= 0.6 is 0 Å². The van der Waals surface area contributed by atoms with Crippen molar-refractivity contribution in [3.8, 4) is 0 Å². The van der Waals surface area contributed by atoms with Crippen molar-refractivity contribution in [2.24, 2.45) is 0 Å². The molecule has 3 aliphatic heterocycles.